The number of β-amino-alcohol motifs (C(OH)–C–C–N with tert-alkyl or cyclic N) is 1. The van der Waals surface area contributed by atoms with Crippen molar-refractivity contribution in [2.75, 3.05) is 31.6 Å². The van der Waals surface area contributed by atoms with Crippen molar-refractivity contribution in [1.29, 1.82) is 0 Å². The molecule has 1 aromatic carbocycles. The number of aliphatic hydroxyl groups is 1. The Bertz CT molecular complexity index is 581. The monoisotopic (exact) mass is 327 g/mol. The normalized spacial score (nSPS) is 22.9. The molecule has 2 aliphatic rings. The van der Waals surface area contributed by atoms with E-state index in [-0.39, 0.29) is 36.7 Å². The van der Waals surface area contributed by atoms with E-state index in [1.807, 2.05) is 0 Å². The van der Waals surface area contributed by atoms with Gasteiger partial charge in [-0.15, -0.1) is 12.4 Å². The zero-order valence-corrected chi connectivity index (χ0v) is 12.6. The van der Waals surface area contributed by atoms with Crippen LogP contribution in [0, 0.1) is 5.92 Å². The summed E-state index contributed by atoms with van der Waals surface area (Å²) in [7, 11) is 0. The minimum Gasteiger partial charge on any atom is -0.482 e. The van der Waals surface area contributed by atoms with Crippen molar-refractivity contribution in [2.24, 2.45) is 5.92 Å². The van der Waals surface area contributed by atoms with Crippen LogP contribution in [0.2, 0.25) is 0 Å². The van der Waals surface area contributed by atoms with Crippen LogP contribution < -0.4 is 20.7 Å². The summed E-state index contributed by atoms with van der Waals surface area (Å²) >= 11 is 0. The molecule has 2 aliphatic heterocycles. The van der Waals surface area contributed by atoms with Crippen molar-refractivity contribution < 1.29 is 19.4 Å². The van der Waals surface area contributed by atoms with E-state index in [1.54, 1.807) is 18.2 Å². The Morgan fingerprint density at radius 3 is 2.95 bits per heavy atom. The highest BCUT2D eigenvalue weighted by Crippen LogP contribution is 2.28. The maximum atomic E-state index is 12.1. The molecular formula is C14H18ClN3O4. The number of benzene rings is 1. The molecule has 0 aliphatic carbocycles. The SMILES string of the molecule is Cl.O=C1COc2cc(C(=O)NCC3CNCC3O)ccc2N1. The van der Waals surface area contributed by atoms with Crippen LogP contribution >= 0.6 is 12.4 Å². The Labute approximate surface area is 133 Å². The predicted octanol–water partition coefficient (Wildman–Crippen LogP) is -0.251. The van der Waals surface area contributed by atoms with Gasteiger partial charge in [-0.2, -0.15) is 0 Å². The van der Waals surface area contributed by atoms with Gasteiger partial charge < -0.3 is 25.8 Å². The van der Waals surface area contributed by atoms with E-state index in [0.29, 0.717) is 36.6 Å². The molecule has 1 fully saturated rings. The lowest BCUT2D eigenvalue weighted by molar-refractivity contribution is -0.118. The molecule has 3 rings (SSSR count). The van der Waals surface area contributed by atoms with Gasteiger partial charge in [-0.05, 0) is 18.2 Å². The molecule has 2 amide bonds. The first-order valence-electron chi connectivity index (χ1n) is 6.87. The molecule has 1 aromatic rings. The molecule has 0 bridgehead atoms. The summed E-state index contributed by atoms with van der Waals surface area (Å²) in [6.07, 6.45) is -0.424. The van der Waals surface area contributed by atoms with Crippen molar-refractivity contribution in [1.82, 2.24) is 10.6 Å². The molecule has 8 heteroatoms. The molecule has 22 heavy (non-hydrogen) atoms. The molecule has 0 spiro atoms. The molecule has 4 N–H and O–H groups in total. The summed E-state index contributed by atoms with van der Waals surface area (Å²) in [5.41, 5.74) is 1.03. The number of fused-ring (bicyclic) bond motifs is 1. The number of ether oxygens (including phenoxy) is 1. The lowest BCUT2D eigenvalue weighted by Crippen LogP contribution is -2.34. The van der Waals surface area contributed by atoms with E-state index < -0.39 is 6.10 Å². The molecule has 0 radical (unpaired) electrons. The van der Waals surface area contributed by atoms with Gasteiger partial charge in [0.25, 0.3) is 11.8 Å². The number of anilines is 1. The number of hydrogen-bond donors (Lipinski definition) is 4. The predicted molar refractivity (Wildman–Crippen MR) is 82.5 cm³/mol. The van der Waals surface area contributed by atoms with Crippen molar-refractivity contribution in [3.05, 3.63) is 23.8 Å². The molecule has 120 valence electrons. The molecule has 2 unspecified atom stereocenters. The van der Waals surface area contributed by atoms with E-state index in [1.165, 1.54) is 0 Å². The van der Waals surface area contributed by atoms with Gasteiger partial charge in [-0.3, -0.25) is 9.59 Å². The van der Waals surface area contributed by atoms with Crippen LogP contribution in [0.5, 0.6) is 5.75 Å². The zero-order chi connectivity index (χ0) is 14.8. The number of amides is 2. The molecule has 7 nitrogen and oxygen atoms in total. The maximum absolute atomic E-state index is 12.1. The lowest BCUT2D eigenvalue weighted by atomic mass is 10.1. The van der Waals surface area contributed by atoms with Crippen molar-refractivity contribution in [2.45, 2.75) is 6.10 Å². The molecule has 0 aromatic heterocycles. The Morgan fingerprint density at radius 2 is 2.23 bits per heavy atom. The smallest absolute Gasteiger partial charge is 0.262 e. The van der Waals surface area contributed by atoms with Crippen LogP contribution in [0.1, 0.15) is 10.4 Å². The Hall–Kier alpha value is -1.83. The van der Waals surface area contributed by atoms with Gasteiger partial charge >= 0.3 is 0 Å². The number of halogens is 1. The van der Waals surface area contributed by atoms with E-state index in [9.17, 15) is 14.7 Å². The van der Waals surface area contributed by atoms with Crippen LogP contribution in [0.25, 0.3) is 0 Å². The first-order chi connectivity index (χ1) is 10.1. The van der Waals surface area contributed by atoms with E-state index in [2.05, 4.69) is 16.0 Å². The average molecular weight is 328 g/mol. The summed E-state index contributed by atoms with van der Waals surface area (Å²) in [4.78, 5) is 23.3. The maximum Gasteiger partial charge on any atom is 0.262 e. The lowest BCUT2D eigenvalue weighted by Gasteiger charge is -2.19. The number of rotatable bonds is 3. The molecular weight excluding hydrogens is 310 g/mol. The minimum absolute atomic E-state index is 0. The third-order valence-electron chi connectivity index (χ3n) is 3.71. The summed E-state index contributed by atoms with van der Waals surface area (Å²) in [5, 5.41) is 18.2. The second kappa shape index (κ2) is 6.95. The van der Waals surface area contributed by atoms with Crippen LogP contribution in [0.15, 0.2) is 18.2 Å². The third kappa shape index (κ3) is 3.49. The van der Waals surface area contributed by atoms with E-state index in [4.69, 9.17) is 4.74 Å². The topological polar surface area (TPSA) is 99.7 Å². The van der Waals surface area contributed by atoms with Gasteiger partial charge in [0.1, 0.15) is 5.75 Å². The highest BCUT2D eigenvalue weighted by atomic mass is 35.5. The fourth-order valence-corrected chi connectivity index (χ4v) is 2.47. The quantitative estimate of drug-likeness (QED) is 0.613. The van der Waals surface area contributed by atoms with Gasteiger partial charge in [-0.1, -0.05) is 0 Å². The Morgan fingerprint density at radius 1 is 1.41 bits per heavy atom. The average Bonchev–Trinajstić information content (AvgIpc) is 2.89. The fourth-order valence-electron chi connectivity index (χ4n) is 2.47. The fraction of sp³-hybridized carbons (Fsp3) is 0.429. The molecule has 2 heterocycles. The van der Waals surface area contributed by atoms with Crippen molar-refractivity contribution >= 4 is 29.9 Å². The second-order valence-corrected chi connectivity index (χ2v) is 5.24. The summed E-state index contributed by atoms with van der Waals surface area (Å²) < 4.78 is 5.28. The van der Waals surface area contributed by atoms with Crippen molar-refractivity contribution in [3.8, 4) is 5.75 Å². The first kappa shape index (κ1) is 16.5. The van der Waals surface area contributed by atoms with Crippen molar-refractivity contribution in [3.63, 3.8) is 0 Å². The van der Waals surface area contributed by atoms with Gasteiger partial charge in [0.15, 0.2) is 6.61 Å². The number of aliphatic hydroxyl groups excluding tert-OH is 1. The number of nitrogens with one attached hydrogen (secondary N) is 3. The number of hydrogen-bond acceptors (Lipinski definition) is 5. The molecule has 1 saturated heterocycles. The molecule has 0 saturated carbocycles. The van der Waals surface area contributed by atoms with Crippen LogP contribution in [0.3, 0.4) is 0 Å². The Balaban J connectivity index is 0.00000176. The third-order valence-corrected chi connectivity index (χ3v) is 3.71. The van der Waals surface area contributed by atoms with Crippen LogP contribution in [-0.4, -0.2) is 49.3 Å². The molecule has 2 atom stereocenters. The van der Waals surface area contributed by atoms with E-state index in [0.717, 1.165) is 0 Å². The van der Waals surface area contributed by atoms with Gasteiger partial charge in [0.2, 0.25) is 0 Å². The van der Waals surface area contributed by atoms with E-state index >= 15 is 0 Å². The zero-order valence-electron chi connectivity index (χ0n) is 11.8. The highest BCUT2D eigenvalue weighted by Gasteiger charge is 2.25. The number of carbonyl (C=O) groups is 2. The summed E-state index contributed by atoms with van der Waals surface area (Å²) in [6, 6.07) is 4.88. The summed E-state index contributed by atoms with van der Waals surface area (Å²) in [6.45, 7) is 1.63. The standard InChI is InChI=1S/C14H17N3O4.ClH/c18-11-6-15-4-9(11)5-16-14(20)8-1-2-10-12(3-8)21-7-13(19)17-10;/h1-3,9,11,15,18H,4-7H2,(H,16,20)(H,17,19);1H. The minimum atomic E-state index is -0.424. The largest absolute Gasteiger partial charge is 0.482 e. The summed E-state index contributed by atoms with van der Waals surface area (Å²) in [5.74, 6) is 0.0896. The highest BCUT2D eigenvalue weighted by molar-refractivity contribution is 5.98. The van der Waals surface area contributed by atoms with Gasteiger partial charge in [-0.25, -0.2) is 0 Å². The Kier molecular flexibility index (Phi) is 5.23. The van der Waals surface area contributed by atoms with Crippen LogP contribution in [-0.2, 0) is 4.79 Å². The van der Waals surface area contributed by atoms with Gasteiger partial charge in [0, 0.05) is 31.1 Å². The number of carbonyl (C=O) groups excluding carboxylic acids is 2. The second-order valence-electron chi connectivity index (χ2n) is 5.24. The van der Waals surface area contributed by atoms with Gasteiger partial charge in [0.05, 0.1) is 11.8 Å². The first-order valence-corrected chi connectivity index (χ1v) is 6.87. The van der Waals surface area contributed by atoms with Crippen LogP contribution in [0.4, 0.5) is 5.69 Å².